The Morgan fingerprint density at radius 2 is 2.15 bits per heavy atom. The van der Waals surface area contributed by atoms with Gasteiger partial charge in [-0.1, -0.05) is 36.7 Å². The first kappa shape index (κ1) is 13.0. The Labute approximate surface area is 120 Å². The van der Waals surface area contributed by atoms with Crippen molar-refractivity contribution >= 4 is 17.3 Å². The second kappa shape index (κ2) is 5.19. The molecule has 3 rings (SSSR count). The van der Waals surface area contributed by atoms with E-state index in [2.05, 4.69) is 15.7 Å². The van der Waals surface area contributed by atoms with E-state index >= 15 is 0 Å². The highest BCUT2D eigenvalue weighted by Gasteiger charge is 2.26. The fourth-order valence-corrected chi connectivity index (χ4v) is 2.45. The van der Waals surface area contributed by atoms with Crippen LogP contribution in [0.25, 0.3) is 11.3 Å². The van der Waals surface area contributed by atoms with Gasteiger partial charge in [-0.3, -0.25) is 15.1 Å². The lowest BCUT2D eigenvalue weighted by Gasteiger charge is -2.04. The molecule has 0 saturated carbocycles. The van der Waals surface area contributed by atoms with Crippen LogP contribution < -0.4 is 11.0 Å². The summed E-state index contributed by atoms with van der Waals surface area (Å²) in [7, 11) is 0. The molecule has 1 aromatic carbocycles. The molecule has 20 heavy (non-hydrogen) atoms. The quantitative estimate of drug-likeness (QED) is 0.921. The first-order valence-corrected chi connectivity index (χ1v) is 6.67. The average molecular weight is 290 g/mol. The molecule has 0 fully saturated rings. The average Bonchev–Trinajstić information content (AvgIpc) is 2.76. The van der Waals surface area contributed by atoms with Gasteiger partial charge in [0.05, 0.1) is 10.7 Å². The molecule has 0 amide bonds. The van der Waals surface area contributed by atoms with Crippen LogP contribution >= 0.6 is 11.6 Å². The fraction of sp³-hybridized carbons (Fsp3) is 0.214. The monoisotopic (exact) mass is 289 g/mol. The lowest BCUT2D eigenvalue weighted by Crippen LogP contribution is -2.04. The van der Waals surface area contributed by atoms with E-state index in [1.165, 1.54) is 6.07 Å². The molecule has 0 radical (unpaired) electrons. The molecule has 1 atom stereocenters. The van der Waals surface area contributed by atoms with Crippen molar-refractivity contribution in [2.75, 3.05) is 5.48 Å². The van der Waals surface area contributed by atoms with Crippen LogP contribution in [-0.4, -0.2) is 10.2 Å². The van der Waals surface area contributed by atoms with Gasteiger partial charge in [-0.2, -0.15) is 0 Å². The summed E-state index contributed by atoms with van der Waals surface area (Å²) in [5, 5.41) is 8.24. The lowest BCUT2D eigenvalue weighted by molar-refractivity contribution is 0.118. The number of nitrogens with one attached hydrogen (secondary N) is 1. The second-order valence-electron chi connectivity index (χ2n) is 4.46. The van der Waals surface area contributed by atoms with Crippen LogP contribution in [0.2, 0.25) is 5.02 Å². The minimum absolute atomic E-state index is 0.185. The Morgan fingerprint density at radius 3 is 2.90 bits per heavy atom. The smallest absolute Gasteiger partial charge is 0.268 e. The molecule has 102 valence electrons. The van der Waals surface area contributed by atoms with E-state index in [1.54, 1.807) is 6.07 Å². The van der Waals surface area contributed by atoms with Crippen molar-refractivity contribution in [3.63, 3.8) is 0 Å². The summed E-state index contributed by atoms with van der Waals surface area (Å²) in [5.41, 5.74) is 5.09. The standard InChI is InChI=1S/C14H12ClN3O2/c1-2-11-9-7-12(19)16-17-13(14(9)18-20-11)8-5-3-4-6-10(8)15/h3-7,11,18H,2H2,1H3. The summed E-state index contributed by atoms with van der Waals surface area (Å²) in [5.74, 6) is 0. The normalized spacial score (nSPS) is 16.6. The van der Waals surface area contributed by atoms with Crippen molar-refractivity contribution in [2.45, 2.75) is 19.4 Å². The zero-order chi connectivity index (χ0) is 14.1. The van der Waals surface area contributed by atoms with Gasteiger partial charge in [-0.25, -0.2) is 0 Å². The Kier molecular flexibility index (Phi) is 3.38. The highest BCUT2D eigenvalue weighted by molar-refractivity contribution is 6.33. The van der Waals surface area contributed by atoms with Crippen LogP contribution in [0, 0.1) is 0 Å². The predicted octanol–water partition coefficient (Wildman–Crippen LogP) is 2.97. The molecular formula is C14H12ClN3O2. The fourth-order valence-electron chi connectivity index (χ4n) is 2.22. The third-order valence-electron chi connectivity index (χ3n) is 3.20. The maximum Gasteiger partial charge on any atom is 0.288 e. The Hall–Kier alpha value is -1.98. The number of benzene rings is 1. The number of fused-ring (bicyclic) bond motifs is 1. The van der Waals surface area contributed by atoms with Crippen LogP contribution in [0.1, 0.15) is 25.0 Å². The molecule has 1 unspecified atom stereocenters. The Balaban J connectivity index is 2.29. The molecule has 2 aromatic rings. The van der Waals surface area contributed by atoms with Crippen molar-refractivity contribution in [1.29, 1.82) is 0 Å². The number of halogens is 1. The van der Waals surface area contributed by atoms with E-state index in [1.807, 2.05) is 25.1 Å². The van der Waals surface area contributed by atoms with Gasteiger partial charge in [0.2, 0.25) is 0 Å². The second-order valence-corrected chi connectivity index (χ2v) is 4.87. The number of hydrogen-bond donors (Lipinski definition) is 1. The van der Waals surface area contributed by atoms with Gasteiger partial charge >= 0.3 is 0 Å². The van der Waals surface area contributed by atoms with Gasteiger partial charge in [-0.15, -0.1) is 10.2 Å². The summed E-state index contributed by atoms with van der Waals surface area (Å²) in [6.07, 6.45) is 0.556. The summed E-state index contributed by atoms with van der Waals surface area (Å²) < 4.78 is 0. The highest BCUT2D eigenvalue weighted by atomic mass is 35.5. The van der Waals surface area contributed by atoms with Gasteiger partial charge in [0.15, 0.2) is 0 Å². The summed E-state index contributed by atoms with van der Waals surface area (Å²) >= 11 is 6.20. The number of aromatic nitrogens is 2. The van der Waals surface area contributed by atoms with Gasteiger partial charge in [-0.05, 0) is 12.5 Å². The zero-order valence-corrected chi connectivity index (χ0v) is 11.5. The number of nitrogens with zero attached hydrogens (tertiary/aromatic N) is 2. The zero-order valence-electron chi connectivity index (χ0n) is 10.8. The SMILES string of the molecule is CCC1ONc2c1cc(=O)nnc2-c1ccccc1Cl. The van der Waals surface area contributed by atoms with Crippen LogP contribution in [0.5, 0.6) is 0 Å². The van der Waals surface area contributed by atoms with Gasteiger partial charge in [0.25, 0.3) is 5.56 Å². The van der Waals surface area contributed by atoms with Gasteiger partial charge in [0.1, 0.15) is 11.8 Å². The highest BCUT2D eigenvalue weighted by Crippen LogP contribution is 2.40. The molecule has 0 aliphatic carbocycles. The van der Waals surface area contributed by atoms with E-state index < -0.39 is 5.56 Å². The molecular weight excluding hydrogens is 278 g/mol. The molecule has 2 heterocycles. The third-order valence-corrected chi connectivity index (χ3v) is 3.53. The molecule has 5 nitrogen and oxygen atoms in total. The Morgan fingerprint density at radius 1 is 1.35 bits per heavy atom. The molecule has 1 aliphatic rings. The van der Waals surface area contributed by atoms with Crippen molar-refractivity contribution in [1.82, 2.24) is 10.2 Å². The molecule has 6 heteroatoms. The van der Waals surface area contributed by atoms with Crippen molar-refractivity contribution in [2.24, 2.45) is 0 Å². The summed E-state index contributed by atoms with van der Waals surface area (Å²) in [4.78, 5) is 17.1. The summed E-state index contributed by atoms with van der Waals surface area (Å²) in [6, 6.07) is 8.74. The first-order valence-electron chi connectivity index (χ1n) is 6.29. The van der Waals surface area contributed by atoms with Crippen molar-refractivity contribution < 1.29 is 4.84 Å². The van der Waals surface area contributed by atoms with Crippen LogP contribution in [0.15, 0.2) is 35.1 Å². The molecule has 1 N–H and O–H groups in total. The van der Waals surface area contributed by atoms with Crippen LogP contribution in [0.3, 0.4) is 0 Å². The molecule has 0 bridgehead atoms. The summed E-state index contributed by atoms with van der Waals surface area (Å²) in [6.45, 7) is 1.98. The van der Waals surface area contributed by atoms with Crippen LogP contribution in [-0.2, 0) is 4.84 Å². The van der Waals surface area contributed by atoms with E-state index in [9.17, 15) is 4.79 Å². The van der Waals surface area contributed by atoms with Crippen molar-refractivity contribution in [3.05, 3.63) is 51.3 Å². The van der Waals surface area contributed by atoms with Crippen LogP contribution in [0.4, 0.5) is 5.69 Å². The molecule has 0 spiro atoms. The molecule has 0 saturated heterocycles. The Bertz CT molecular complexity index is 721. The topological polar surface area (TPSA) is 64.1 Å². The first-order chi connectivity index (χ1) is 9.70. The lowest BCUT2D eigenvalue weighted by atomic mass is 10.0. The van der Waals surface area contributed by atoms with E-state index in [0.29, 0.717) is 22.0 Å². The number of hydrogen-bond acceptors (Lipinski definition) is 5. The molecule has 1 aliphatic heterocycles. The number of rotatable bonds is 2. The largest absolute Gasteiger partial charge is 0.288 e. The van der Waals surface area contributed by atoms with E-state index in [4.69, 9.17) is 16.4 Å². The predicted molar refractivity (Wildman–Crippen MR) is 76.5 cm³/mol. The maximum absolute atomic E-state index is 11.7. The van der Waals surface area contributed by atoms with Crippen molar-refractivity contribution in [3.8, 4) is 11.3 Å². The molecule has 1 aromatic heterocycles. The minimum Gasteiger partial charge on any atom is -0.268 e. The van der Waals surface area contributed by atoms with E-state index in [0.717, 1.165) is 12.0 Å². The van der Waals surface area contributed by atoms with Gasteiger partial charge < -0.3 is 0 Å². The third kappa shape index (κ3) is 2.15. The van der Waals surface area contributed by atoms with Gasteiger partial charge in [0, 0.05) is 17.2 Å². The van der Waals surface area contributed by atoms with E-state index in [-0.39, 0.29) is 6.10 Å². The number of anilines is 1. The minimum atomic E-state index is -0.398. The maximum atomic E-state index is 11.7.